The lowest BCUT2D eigenvalue weighted by Crippen LogP contribution is -2.06. The van der Waals surface area contributed by atoms with Gasteiger partial charge >= 0.3 is 0 Å². The summed E-state index contributed by atoms with van der Waals surface area (Å²) in [5.41, 5.74) is 7.65. The molecule has 1 aromatic carbocycles. The Hall–Kier alpha value is -1.09. The van der Waals surface area contributed by atoms with Crippen molar-refractivity contribution in [1.29, 1.82) is 0 Å². The van der Waals surface area contributed by atoms with E-state index in [9.17, 15) is 4.39 Å². The van der Waals surface area contributed by atoms with Gasteiger partial charge in [-0.1, -0.05) is 0 Å². The van der Waals surface area contributed by atoms with Crippen molar-refractivity contribution in [2.75, 3.05) is 18.4 Å². The summed E-state index contributed by atoms with van der Waals surface area (Å²) >= 11 is 0. The standard InChI is InChI=1S/C11H15FN2/c12-9-3-4-11-10(6-9)8(7-14-11)2-1-5-13/h3-4,6,8,14H,1-2,5,7,13H2. The summed E-state index contributed by atoms with van der Waals surface area (Å²) in [5.74, 6) is 0.287. The third-order valence-corrected chi connectivity index (χ3v) is 2.75. The van der Waals surface area contributed by atoms with Gasteiger partial charge in [0.1, 0.15) is 5.82 Å². The maximum Gasteiger partial charge on any atom is 0.123 e. The fourth-order valence-corrected chi connectivity index (χ4v) is 2.00. The number of anilines is 1. The minimum absolute atomic E-state index is 0.148. The molecule has 1 atom stereocenters. The molecule has 3 heteroatoms. The van der Waals surface area contributed by atoms with E-state index in [-0.39, 0.29) is 5.82 Å². The van der Waals surface area contributed by atoms with Gasteiger partial charge in [-0.2, -0.15) is 0 Å². The number of hydrogen-bond acceptors (Lipinski definition) is 2. The molecule has 76 valence electrons. The predicted octanol–water partition coefficient (Wildman–Crippen LogP) is 2.07. The van der Waals surface area contributed by atoms with Crippen molar-refractivity contribution in [3.63, 3.8) is 0 Å². The molecule has 0 saturated carbocycles. The smallest absolute Gasteiger partial charge is 0.123 e. The zero-order valence-corrected chi connectivity index (χ0v) is 8.09. The van der Waals surface area contributed by atoms with Gasteiger partial charge in [0.15, 0.2) is 0 Å². The average Bonchev–Trinajstić information content (AvgIpc) is 2.57. The molecule has 1 heterocycles. The van der Waals surface area contributed by atoms with E-state index in [1.165, 1.54) is 6.07 Å². The molecule has 1 aliphatic heterocycles. The molecule has 0 spiro atoms. The van der Waals surface area contributed by atoms with Crippen LogP contribution in [0, 0.1) is 5.82 Å². The molecule has 1 aromatic rings. The Balaban J connectivity index is 2.16. The normalized spacial score (nSPS) is 19.1. The lowest BCUT2D eigenvalue weighted by atomic mass is 9.96. The van der Waals surface area contributed by atoms with Gasteiger partial charge in [-0.15, -0.1) is 0 Å². The van der Waals surface area contributed by atoms with E-state index >= 15 is 0 Å². The second-order valence-electron chi connectivity index (χ2n) is 3.74. The largest absolute Gasteiger partial charge is 0.384 e. The van der Waals surface area contributed by atoms with Crippen molar-refractivity contribution in [2.45, 2.75) is 18.8 Å². The van der Waals surface area contributed by atoms with Crippen molar-refractivity contribution < 1.29 is 4.39 Å². The molecule has 1 aliphatic rings. The third-order valence-electron chi connectivity index (χ3n) is 2.75. The van der Waals surface area contributed by atoms with Gasteiger partial charge in [-0.05, 0) is 43.1 Å². The Morgan fingerprint density at radius 1 is 1.50 bits per heavy atom. The highest BCUT2D eigenvalue weighted by atomic mass is 19.1. The van der Waals surface area contributed by atoms with Gasteiger partial charge < -0.3 is 11.1 Å². The van der Waals surface area contributed by atoms with E-state index in [4.69, 9.17) is 5.73 Å². The highest BCUT2D eigenvalue weighted by Gasteiger charge is 2.21. The lowest BCUT2D eigenvalue weighted by molar-refractivity contribution is 0.611. The Morgan fingerprint density at radius 3 is 3.14 bits per heavy atom. The van der Waals surface area contributed by atoms with Crippen LogP contribution in [-0.2, 0) is 0 Å². The van der Waals surface area contributed by atoms with Crippen LogP contribution >= 0.6 is 0 Å². The molecule has 1 unspecified atom stereocenters. The number of rotatable bonds is 3. The Bertz CT molecular complexity index is 325. The Labute approximate surface area is 83.3 Å². The fraction of sp³-hybridized carbons (Fsp3) is 0.455. The Morgan fingerprint density at radius 2 is 2.36 bits per heavy atom. The SMILES string of the molecule is NCCCC1CNc2ccc(F)cc21. The summed E-state index contributed by atoms with van der Waals surface area (Å²) in [6, 6.07) is 4.95. The van der Waals surface area contributed by atoms with Gasteiger partial charge in [0, 0.05) is 18.2 Å². The van der Waals surface area contributed by atoms with E-state index in [2.05, 4.69) is 5.32 Å². The van der Waals surface area contributed by atoms with Gasteiger partial charge in [0.25, 0.3) is 0 Å². The molecule has 0 saturated heterocycles. The third kappa shape index (κ3) is 1.73. The van der Waals surface area contributed by atoms with E-state index in [0.717, 1.165) is 30.6 Å². The minimum atomic E-state index is -0.148. The van der Waals surface area contributed by atoms with E-state index < -0.39 is 0 Å². The zero-order chi connectivity index (χ0) is 9.97. The zero-order valence-electron chi connectivity index (χ0n) is 8.09. The van der Waals surface area contributed by atoms with Crippen LogP contribution in [0.2, 0.25) is 0 Å². The van der Waals surface area contributed by atoms with Crippen LogP contribution < -0.4 is 11.1 Å². The molecule has 0 bridgehead atoms. The summed E-state index contributed by atoms with van der Waals surface area (Å²) in [6.45, 7) is 1.62. The van der Waals surface area contributed by atoms with Crippen LogP contribution in [0.1, 0.15) is 24.3 Å². The Kier molecular flexibility index (Phi) is 2.68. The quantitative estimate of drug-likeness (QED) is 0.773. The first-order chi connectivity index (χ1) is 6.81. The monoisotopic (exact) mass is 194 g/mol. The summed E-state index contributed by atoms with van der Waals surface area (Å²) in [5, 5.41) is 3.28. The molecule has 0 amide bonds. The average molecular weight is 194 g/mol. The fourth-order valence-electron chi connectivity index (χ4n) is 2.00. The van der Waals surface area contributed by atoms with Crippen LogP contribution in [-0.4, -0.2) is 13.1 Å². The summed E-state index contributed by atoms with van der Waals surface area (Å²) in [6.07, 6.45) is 2.04. The van der Waals surface area contributed by atoms with Crippen molar-refractivity contribution in [2.24, 2.45) is 5.73 Å². The van der Waals surface area contributed by atoms with Crippen molar-refractivity contribution in [3.05, 3.63) is 29.6 Å². The first-order valence-electron chi connectivity index (χ1n) is 5.04. The molecule has 0 aromatic heterocycles. The first kappa shape index (κ1) is 9.46. The number of benzene rings is 1. The van der Waals surface area contributed by atoms with Crippen LogP contribution in [0.4, 0.5) is 10.1 Å². The first-order valence-corrected chi connectivity index (χ1v) is 5.04. The van der Waals surface area contributed by atoms with Crippen LogP contribution in [0.5, 0.6) is 0 Å². The maximum absolute atomic E-state index is 13.0. The lowest BCUT2D eigenvalue weighted by Gasteiger charge is -2.08. The van der Waals surface area contributed by atoms with Crippen LogP contribution in [0.15, 0.2) is 18.2 Å². The molecular formula is C11H15FN2. The number of halogens is 1. The highest BCUT2D eigenvalue weighted by Crippen LogP contribution is 2.34. The van der Waals surface area contributed by atoms with E-state index in [1.807, 2.05) is 6.07 Å². The molecule has 0 fully saturated rings. The summed E-state index contributed by atoms with van der Waals surface area (Å²) in [4.78, 5) is 0. The number of fused-ring (bicyclic) bond motifs is 1. The van der Waals surface area contributed by atoms with Gasteiger partial charge in [0.05, 0.1) is 0 Å². The topological polar surface area (TPSA) is 38.0 Å². The van der Waals surface area contributed by atoms with E-state index in [0.29, 0.717) is 12.5 Å². The van der Waals surface area contributed by atoms with Crippen molar-refractivity contribution in [1.82, 2.24) is 0 Å². The molecule has 0 radical (unpaired) electrons. The molecule has 3 N–H and O–H groups in total. The highest BCUT2D eigenvalue weighted by molar-refractivity contribution is 5.57. The van der Waals surface area contributed by atoms with Crippen molar-refractivity contribution in [3.8, 4) is 0 Å². The molecule has 2 rings (SSSR count). The molecule has 0 aliphatic carbocycles. The summed E-state index contributed by atoms with van der Waals surface area (Å²) < 4.78 is 13.0. The maximum atomic E-state index is 13.0. The van der Waals surface area contributed by atoms with Gasteiger partial charge in [-0.3, -0.25) is 0 Å². The second-order valence-corrected chi connectivity index (χ2v) is 3.74. The number of nitrogens with one attached hydrogen (secondary N) is 1. The van der Waals surface area contributed by atoms with Crippen LogP contribution in [0.25, 0.3) is 0 Å². The summed E-state index contributed by atoms with van der Waals surface area (Å²) in [7, 11) is 0. The minimum Gasteiger partial charge on any atom is -0.384 e. The number of nitrogens with two attached hydrogens (primary N) is 1. The predicted molar refractivity (Wildman–Crippen MR) is 55.9 cm³/mol. The van der Waals surface area contributed by atoms with Gasteiger partial charge in [-0.25, -0.2) is 4.39 Å². The van der Waals surface area contributed by atoms with Crippen LogP contribution in [0.3, 0.4) is 0 Å². The van der Waals surface area contributed by atoms with Gasteiger partial charge in [0.2, 0.25) is 0 Å². The van der Waals surface area contributed by atoms with Crippen molar-refractivity contribution >= 4 is 5.69 Å². The number of hydrogen-bond donors (Lipinski definition) is 2. The second kappa shape index (κ2) is 3.96. The molecule has 2 nitrogen and oxygen atoms in total. The van der Waals surface area contributed by atoms with E-state index in [1.54, 1.807) is 6.07 Å². The molecular weight excluding hydrogens is 179 g/mol. The molecule has 14 heavy (non-hydrogen) atoms.